The Bertz CT molecular complexity index is 416. The fraction of sp³-hybridized carbons (Fsp3) is 0.533. The summed E-state index contributed by atoms with van der Waals surface area (Å²) in [7, 11) is 0. The number of benzene rings is 1. The van der Waals surface area contributed by atoms with E-state index in [1.54, 1.807) is 6.07 Å². The lowest BCUT2D eigenvalue weighted by Gasteiger charge is -2.28. The molecule has 0 amide bonds. The van der Waals surface area contributed by atoms with Crippen LogP contribution in [-0.4, -0.2) is 13.1 Å². The minimum absolute atomic E-state index is 0.669. The molecule has 0 aliphatic rings. The maximum Gasteiger partial charge on any atom is 0.0992 e. The summed E-state index contributed by atoms with van der Waals surface area (Å²) in [5.41, 5.74) is 8.44. The largest absolute Gasteiger partial charge is 0.397 e. The summed E-state index contributed by atoms with van der Waals surface area (Å²) < 4.78 is 0. The van der Waals surface area contributed by atoms with Crippen LogP contribution >= 0.6 is 0 Å². The summed E-state index contributed by atoms with van der Waals surface area (Å²) in [5.74, 6) is 0.676. The van der Waals surface area contributed by atoms with Crippen molar-refractivity contribution >= 4 is 11.4 Å². The molecule has 0 heterocycles. The van der Waals surface area contributed by atoms with Crippen LogP contribution in [0.25, 0.3) is 0 Å². The van der Waals surface area contributed by atoms with Gasteiger partial charge in [-0.25, -0.2) is 0 Å². The molecule has 1 rings (SSSR count). The molecule has 0 unspecified atom stereocenters. The van der Waals surface area contributed by atoms with Crippen LogP contribution in [0.5, 0.6) is 0 Å². The molecule has 0 fully saturated rings. The molecule has 3 heteroatoms. The van der Waals surface area contributed by atoms with E-state index in [1.165, 1.54) is 12.8 Å². The van der Waals surface area contributed by atoms with Crippen LogP contribution in [-0.2, 0) is 0 Å². The molecule has 2 N–H and O–H groups in total. The summed E-state index contributed by atoms with van der Waals surface area (Å²) in [6, 6.07) is 7.65. The van der Waals surface area contributed by atoms with Gasteiger partial charge in [0.05, 0.1) is 23.0 Å². The smallest absolute Gasteiger partial charge is 0.0992 e. The van der Waals surface area contributed by atoms with Gasteiger partial charge in [-0.05, 0) is 31.0 Å². The summed E-state index contributed by atoms with van der Waals surface area (Å²) >= 11 is 0. The maximum atomic E-state index is 8.97. The van der Waals surface area contributed by atoms with Gasteiger partial charge in [0.15, 0.2) is 0 Å². The van der Waals surface area contributed by atoms with Gasteiger partial charge in [0.1, 0.15) is 0 Å². The van der Waals surface area contributed by atoms with Crippen molar-refractivity contribution in [2.24, 2.45) is 5.92 Å². The lowest BCUT2D eigenvalue weighted by molar-refractivity contribution is 0.486. The Morgan fingerprint density at radius 3 is 2.44 bits per heavy atom. The number of nitrogens with zero attached hydrogens (tertiary/aromatic N) is 2. The van der Waals surface area contributed by atoms with Crippen LogP contribution in [0.3, 0.4) is 0 Å². The first-order valence-electron chi connectivity index (χ1n) is 6.70. The van der Waals surface area contributed by atoms with Crippen molar-refractivity contribution in [1.82, 2.24) is 0 Å². The number of hydrogen-bond acceptors (Lipinski definition) is 3. The number of hydrogen-bond donors (Lipinski definition) is 1. The third-order valence-electron chi connectivity index (χ3n) is 3.52. The van der Waals surface area contributed by atoms with E-state index in [0.717, 1.165) is 24.5 Å². The van der Waals surface area contributed by atoms with Crippen LogP contribution in [0.2, 0.25) is 0 Å². The Kier molecular flexibility index (Phi) is 5.51. The van der Waals surface area contributed by atoms with Gasteiger partial charge < -0.3 is 10.6 Å². The molecule has 3 nitrogen and oxygen atoms in total. The van der Waals surface area contributed by atoms with E-state index in [1.807, 2.05) is 12.1 Å². The zero-order chi connectivity index (χ0) is 13.5. The summed E-state index contributed by atoms with van der Waals surface area (Å²) in [6.45, 7) is 8.48. The van der Waals surface area contributed by atoms with Crippen molar-refractivity contribution in [2.75, 3.05) is 23.7 Å². The zero-order valence-corrected chi connectivity index (χ0v) is 11.6. The lowest BCUT2D eigenvalue weighted by atomic mass is 10.0. The first-order chi connectivity index (χ1) is 8.65. The van der Waals surface area contributed by atoms with Crippen LogP contribution in [0, 0.1) is 17.2 Å². The fourth-order valence-electron chi connectivity index (χ4n) is 2.14. The molecule has 0 aliphatic heterocycles. The number of nitriles is 1. The average Bonchev–Trinajstić information content (AvgIpc) is 2.41. The van der Waals surface area contributed by atoms with Gasteiger partial charge in [-0.3, -0.25) is 0 Å². The monoisotopic (exact) mass is 245 g/mol. The number of rotatable bonds is 6. The molecule has 18 heavy (non-hydrogen) atoms. The predicted molar refractivity (Wildman–Crippen MR) is 77.5 cm³/mol. The van der Waals surface area contributed by atoms with Gasteiger partial charge in [-0.1, -0.05) is 26.7 Å². The second-order valence-corrected chi connectivity index (χ2v) is 4.61. The highest BCUT2D eigenvalue weighted by Gasteiger charge is 2.13. The molecular formula is C15H23N3. The van der Waals surface area contributed by atoms with E-state index in [9.17, 15) is 0 Å². The van der Waals surface area contributed by atoms with Gasteiger partial charge in [-0.2, -0.15) is 5.26 Å². The van der Waals surface area contributed by atoms with Gasteiger partial charge in [0.25, 0.3) is 0 Å². The minimum Gasteiger partial charge on any atom is -0.397 e. The Balaban J connectivity index is 2.97. The fourth-order valence-corrected chi connectivity index (χ4v) is 2.14. The number of nitrogen functional groups attached to an aromatic ring is 1. The van der Waals surface area contributed by atoms with E-state index in [4.69, 9.17) is 11.0 Å². The van der Waals surface area contributed by atoms with Crippen molar-refractivity contribution in [3.05, 3.63) is 23.8 Å². The topological polar surface area (TPSA) is 53.0 Å². The van der Waals surface area contributed by atoms with Crippen molar-refractivity contribution < 1.29 is 0 Å². The van der Waals surface area contributed by atoms with Crippen molar-refractivity contribution in [2.45, 2.75) is 33.6 Å². The van der Waals surface area contributed by atoms with Gasteiger partial charge in [-0.15, -0.1) is 0 Å². The molecule has 0 radical (unpaired) electrons. The van der Waals surface area contributed by atoms with E-state index < -0.39 is 0 Å². The molecule has 0 spiro atoms. The summed E-state index contributed by atoms with van der Waals surface area (Å²) in [4.78, 5) is 2.27. The molecule has 0 aromatic heterocycles. The highest BCUT2D eigenvalue weighted by atomic mass is 15.1. The molecule has 0 aliphatic carbocycles. The summed E-state index contributed by atoms with van der Waals surface area (Å²) in [6.07, 6.45) is 2.34. The van der Waals surface area contributed by atoms with Crippen LogP contribution in [0.4, 0.5) is 11.4 Å². The predicted octanol–water partition coefficient (Wildman–Crippen LogP) is 3.40. The van der Waals surface area contributed by atoms with E-state index in [0.29, 0.717) is 11.5 Å². The van der Waals surface area contributed by atoms with Gasteiger partial charge >= 0.3 is 0 Å². The van der Waals surface area contributed by atoms with Crippen molar-refractivity contribution in [1.29, 1.82) is 5.26 Å². The number of nitrogens with two attached hydrogens (primary N) is 1. The molecule has 0 saturated heterocycles. The standard InChI is InChI=1S/C15H23N3/c1-4-12(5-2)11-18(6-3)15-9-13(10-16)7-8-14(15)17/h7-9,12H,4-6,11,17H2,1-3H3. The highest BCUT2D eigenvalue weighted by molar-refractivity contribution is 5.69. The normalized spacial score (nSPS) is 10.4. The molecule has 0 bridgehead atoms. The van der Waals surface area contributed by atoms with E-state index in [-0.39, 0.29) is 0 Å². The Labute approximate surface area is 110 Å². The second-order valence-electron chi connectivity index (χ2n) is 4.61. The van der Waals surface area contributed by atoms with Crippen LogP contribution in [0.1, 0.15) is 39.2 Å². The van der Waals surface area contributed by atoms with Gasteiger partial charge in [0.2, 0.25) is 0 Å². The molecule has 98 valence electrons. The Morgan fingerprint density at radius 1 is 1.28 bits per heavy atom. The van der Waals surface area contributed by atoms with Crippen LogP contribution < -0.4 is 10.6 Å². The lowest BCUT2D eigenvalue weighted by Crippen LogP contribution is -2.29. The third kappa shape index (κ3) is 3.40. The zero-order valence-electron chi connectivity index (χ0n) is 11.6. The SMILES string of the molecule is CCC(CC)CN(CC)c1cc(C#N)ccc1N. The Hall–Kier alpha value is -1.69. The second kappa shape index (κ2) is 6.90. The molecule has 1 aromatic carbocycles. The maximum absolute atomic E-state index is 8.97. The van der Waals surface area contributed by atoms with E-state index in [2.05, 4.69) is 31.7 Å². The quantitative estimate of drug-likeness (QED) is 0.781. The Morgan fingerprint density at radius 2 is 1.94 bits per heavy atom. The number of anilines is 2. The molecule has 0 atom stereocenters. The van der Waals surface area contributed by atoms with Crippen molar-refractivity contribution in [3.8, 4) is 6.07 Å². The average molecular weight is 245 g/mol. The van der Waals surface area contributed by atoms with Crippen LogP contribution in [0.15, 0.2) is 18.2 Å². The highest BCUT2D eigenvalue weighted by Crippen LogP contribution is 2.26. The minimum atomic E-state index is 0.669. The first-order valence-corrected chi connectivity index (χ1v) is 6.70. The first kappa shape index (κ1) is 14.4. The van der Waals surface area contributed by atoms with Crippen molar-refractivity contribution in [3.63, 3.8) is 0 Å². The van der Waals surface area contributed by atoms with Gasteiger partial charge in [0, 0.05) is 13.1 Å². The molecule has 0 saturated carbocycles. The van der Waals surface area contributed by atoms with E-state index >= 15 is 0 Å². The third-order valence-corrected chi connectivity index (χ3v) is 3.52. The molecular weight excluding hydrogens is 222 g/mol. The summed E-state index contributed by atoms with van der Waals surface area (Å²) in [5, 5.41) is 8.97. The molecule has 1 aromatic rings.